The van der Waals surface area contributed by atoms with Crippen LogP contribution in [0.2, 0.25) is 0 Å². The molecule has 250 valence electrons. The number of fused-ring (bicyclic) bond motifs is 1. The van der Waals surface area contributed by atoms with Gasteiger partial charge < -0.3 is 39.2 Å². The molecule has 0 saturated carbocycles. The molecule has 0 spiro atoms. The third-order valence-electron chi connectivity index (χ3n) is 6.96. The van der Waals surface area contributed by atoms with E-state index in [9.17, 15) is 29.4 Å². The van der Waals surface area contributed by atoms with Gasteiger partial charge in [-0.05, 0) is 77.4 Å². The molecule has 0 bridgehead atoms. The first kappa shape index (κ1) is 34.7. The average Bonchev–Trinajstić information content (AvgIpc) is 3.25. The predicted octanol–water partition coefficient (Wildman–Crippen LogP) is 4.84. The van der Waals surface area contributed by atoms with E-state index in [0.717, 1.165) is 4.90 Å². The van der Waals surface area contributed by atoms with Crippen molar-refractivity contribution < 1.29 is 43.6 Å². The number of nitrogens with zero attached hydrogens (tertiary/aromatic N) is 4. The molecule has 1 aliphatic rings. The molecule has 47 heavy (non-hydrogen) atoms. The zero-order valence-corrected chi connectivity index (χ0v) is 27.4. The van der Waals surface area contributed by atoms with Crippen molar-refractivity contribution in [1.82, 2.24) is 9.47 Å². The second-order valence-corrected chi connectivity index (χ2v) is 13.1. The first-order valence-electron chi connectivity index (χ1n) is 14.8. The van der Waals surface area contributed by atoms with Crippen molar-refractivity contribution >= 4 is 51.8 Å². The van der Waals surface area contributed by atoms with Crippen molar-refractivity contribution in [2.24, 2.45) is 7.05 Å². The molecule has 2 atom stereocenters. The second kappa shape index (κ2) is 13.3. The maximum Gasteiger partial charge on any atom is 0.420 e. The number of aliphatic hydroxyl groups is 1. The van der Waals surface area contributed by atoms with Crippen LogP contribution in [0.25, 0.3) is 15.6 Å². The van der Waals surface area contributed by atoms with Crippen LogP contribution in [-0.4, -0.2) is 80.2 Å². The lowest BCUT2D eigenvalue weighted by Gasteiger charge is -2.34. The van der Waals surface area contributed by atoms with Gasteiger partial charge in [0.15, 0.2) is 23.8 Å². The summed E-state index contributed by atoms with van der Waals surface area (Å²) in [6.07, 6.45) is -3.69. The Hall–Kier alpha value is -5.13. The average molecular weight is 650 g/mol. The molecule has 3 aromatic rings. The van der Waals surface area contributed by atoms with Gasteiger partial charge in [0, 0.05) is 41.9 Å². The first-order chi connectivity index (χ1) is 21.9. The third kappa shape index (κ3) is 8.18. The van der Waals surface area contributed by atoms with Gasteiger partial charge in [-0.2, -0.15) is 0 Å². The van der Waals surface area contributed by atoms with Gasteiger partial charge in [0.2, 0.25) is 0 Å². The smallest absolute Gasteiger partial charge is 0.420 e. The highest BCUT2D eigenvalue weighted by molar-refractivity contribution is 6.05. The zero-order chi connectivity index (χ0) is 34.8. The zero-order valence-electron chi connectivity index (χ0n) is 27.4. The van der Waals surface area contributed by atoms with Crippen molar-refractivity contribution in [3.63, 3.8) is 0 Å². The van der Waals surface area contributed by atoms with E-state index in [1.165, 1.54) is 23.1 Å². The summed E-state index contributed by atoms with van der Waals surface area (Å²) < 4.78 is 17.9. The molecule has 2 aromatic carbocycles. The summed E-state index contributed by atoms with van der Waals surface area (Å²) in [6.45, 7) is 17.2. The summed E-state index contributed by atoms with van der Waals surface area (Å²) >= 11 is 0. The molecule has 0 radical (unpaired) electrons. The predicted molar refractivity (Wildman–Crippen MR) is 172 cm³/mol. The molecule has 1 aromatic heterocycles. The lowest BCUT2D eigenvalue weighted by molar-refractivity contribution is -0.150. The molecule has 1 aliphatic heterocycles. The van der Waals surface area contributed by atoms with E-state index < -0.39 is 54.0 Å². The summed E-state index contributed by atoms with van der Waals surface area (Å²) in [7, 11) is 1.69. The number of carbonyl (C=O) groups excluding carboxylic acids is 4. The number of morpholine rings is 1. The lowest BCUT2D eigenvalue weighted by atomic mass is 10.1. The van der Waals surface area contributed by atoms with Crippen LogP contribution in [0.5, 0.6) is 5.88 Å². The van der Waals surface area contributed by atoms with Crippen LogP contribution in [0.15, 0.2) is 42.6 Å². The van der Waals surface area contributed by atoms with Gasteiger partial charge in [-0.15, -0.1) is 0 Å². The van der Waals surface area contributed by atoms with Gasteiger partial charge in [-0.1, -0.05) is 6.07 Å². The molecule has 1 fully saturated rings. The van der Waals surface area contributed by atoms with Crippen LogP contribution in [0.1, 0.15) is 47.1 Å². The minimum absolute atomic E-state index is 0.0494. The molecule has 14 heteroatoms. The normalized spacial score (nSPS) is 15.9. The highest BCUT2D eigenvalue weighted by atomic mass is 16.6. The maximum atomic E-state index is 13.4. The number of aromatic hydroxyl groups is 1. The SMILES string of the molecule is [C-]#[N+]c1ccc(NC(=O)[C@H](O)[C@H]2OCCN(c3ccc4c(O)n(C)cc4c3)C2=O)cc1CN(C(=O)OC(C)(C)C)C(=O)OC(C)(C)C. The van der Waals surface area contributed by atoms with E-state index in [4.69, 9.17) is 20.8 Å². The fourth-order valence-corrected chi connectivity index (χ4v) is 4.84. The first-order valence-corrected chi connectivity index (χ1v) is 14.8. The molecule has 4 amide bonds. The van der Waals surface area contributed by atoms with Crippen molar-refractivity contribution in [3.8, 4) is 5.88 Å². The van der Waals surface area contributed by atoms with Gasteiger partial charge in [-0.3, -0.25) is 9.59 Å². The number of aromatic nitrogens is 1. The Kier molecular flexibility index (Phi) is 9.84. The van der Waals surface area contributed by atoms with Crippen molar-refractivity contribution in [1.29, 1.82) is 0 Å². The molecule has 14 nitrogen and oxygen atoms in total. The Balaban J connectivity index is 1.53. The minimum atomic E-state index is -1.90. The fraction of sp³-hybridized carbons (Fsp3) is 0.424. The van der Waals surface area contributed by atoms with Crippen molar-refractivity contribution in [2.75, 3.05) is 23.4 Å². The third-order valence-corrected chi connectivity index (χ3v) is 6.96. The quantitative estimate of drug-likeness (QED) is 0.317. The number of imide groups is 1. The molecule has 1 saturated heterocycles. The number of ether oxygens (including phenoxy) is 3. The minimum Gasteiger partial charge on any atom is -0.494 e. The molecule has 2 heterocycles. The number of nitrogens with one attached hydrogen (secondary N) is 1. The van der Waals surface area contributed by atoms with E-state index in [0.29, 0.717) is 16.5 Å². The van der Waals surface area contributed by atoms with Crippen LogP contribution in [0.4, 0.5) is 26.7 Å². The highest BCUT2D eigenvalue weighted by Gasteiger charge is 2.40. The number of amides is 4. The van der Waals surface area contributed by atoms with Crippen molar-refractivity contribution in [3.05, 3.63) is 59.6 Å². The number of rotatable bonds is 6. The molecule has 3 N–H and O–H groups in total. The number of hydrogen-bond donors (Lipinski definition) is 3. The maximum absolute atomic E-state index is 13.4. The van der Waals surface area contributed by atoms with Gasteiger partial charge in [0.25, 0.3) is 11.8 Å². The molecular formula is C33H39N5O9. The van der Waals surface area contributed by atoms with E-state index in [1.54, 1.807) is 77.6 Å². The standard InChI is InChI=1S/C33H39N5O9/c1-32(2,3)46-30(43)38(31(44)47-33(4,5)6)18-20-15-21(9-12-24(20)34-7)35-27(40)25(39)26-29(42)37(13-14-45-26)22-10-11-23-19(16-22)17-36(8)28(23)41/h9-12,15-17,25-26,39,41H,13-14,18H2,1-6,8H3,(H,35,40)/t25-,26-/m1/s1. The number of hydrogen-bond acceptors (Lipinski definition) is 9. The summed E-state index contributed by atoms with van der Waals surface area (Å²) in [6, 6.07) is 9.23. The van der Waals surface area contributed by atoms with Crippen LogP contribution >= 0.6 is 0 Å². The van der Waals surface area contributed by atoms with Gasteiger partial charge >= 0.3 is 12.2 Å². The summed E-state index contributed by atoms with van der Waals surface area (Å²) in [5.74, 6) is -1.50. The number of aliphatic hydroxyl groups excluding tert-OH is 1. The number of anilines is 2. The number of aryl methyl sites for hydroxylation is 1. The van der Waals surface area contributed by atoms with Crippen LogP contribution in [0, 0.1) is 6.57 Å². The second-order valence-electron chi connectivity index (χ2n) is 13.1. The van der Waals surface area contributed by atoms with Crippen molar-refractivity contribution in [2.45, 2.75) is 71.5 Å². The monoisotopic (exact) mass is 649 g/mol. The largest absolute Gasteiger partial charge is 0.494 e. The summed E-state index contributed by atoms with van der Waals surface area (Å²) in [5, 5.41) is 25.0. The molecule has 4 rings (SSSR count). The van der Waals surface area contributed by atoms with Gasteiger partial charge in [0.05, 0.1) is 19.7 Å². The van der Waals surface area contributed by atoms with Gasteiger partial charge in [-0.25, -0.2) is 19.3 Å². The lowest BCUT2D eigenvalue weighted by Crippen LogP contribution is -2.55. The Bertz CT molecular complexity index is 1720. The van der Waals surface area contributed by atoms with E-state index in [2.05, 4.69) is 10.2 Å². The summed E-state index contributed by atoms with van der Waals surface area (Å²) in [4.78, 5) is 58.2. The number of carbonyl (C=O) groups is 4. The molecule has 0 unspecified atom stereocenters. The van der Waals surface area contributed by atoms with Crippen LogP contribution < -0.4 is 10.2 Å². The topological polar surface area (TPSA) is 164 Å². The molecular weight excluding hydrogens is 610 g/mol. The van der Waals surface area contributed by atoms with E-state index in [1.807, 2.05) is 0 Å². The summed E-state index contributed by atoms with van der Waals surface area (Å²) in [5.41, 5.74) is -0.963. The Morgan fingerprint density at radius 3 is 2.32 bits per heavy atom. The Morgan fingerprint density at radius 2 is 1.72 bits per heavy atom. The molecule has 0 aliphatic carbocycles. The number of benzene rings is 2. The van der Waals surface area contributed by atoms with Gasteiger partial charge in [0.1, 0.15) is 11.2 Å². The fourth-order valence-electron chi connectivity index (χ4n) is 4.84. The Labute approximate surface area is 272 Å². The Morgan fingerprint density at radius 1 is 1.09 bits per heavy atom. The highest BCUT2D eigenvalue weighted by Crippen LogP contribution is 2.31. The van der Waals surface area contributed by atoms with E-state index >= 15 is 0 Å². The van der Waals surface area contributed by atoms with E-state index in [-0.39, 0.29) is 36.0 Å². The van der Waals surface area contributed by atoms with Crippen LogP contribution in [0.3, 0.4) is 0 Å². The van der Waals surface area contributed by atoms with Crippen LogP contribution in [-0.2, 0) is 37.4 Å².